The number of nitro benzene ring substituents is 2. The van der Waals surface area contributed by atoms with E-state index in [-0.39, 0.29) is 32.9 Å². The molecule has 0 atom stereocenters. The fraction of sp³-hybridized carbons (Fsp3) is 0.400. The Bertz CT molecular complexity index is 1030. The molecule has 0 spiro atoms. The molecular formula is C20H16Br2F6N2O4S. The van der Waals surface area contributed by atoms with Gasteiger partial charge in [-0.15, -0.1) is 0 Å². The summed E-state index contributed by atoms with van der Waals surface area (Å²) >= 11 is 7.28. The Morgan fingerprint density at radius 1 is 0.714 bits per heavy atom. The fourth-order valence-corrected chi connectivity index (χ4v) is 5.47. The van der Waals surface area contributed by atoms with Crippen molar-refractivity contribution in [2.24, 2.45) is 0 Å². The molecule has 0 aliphatic rings. The lowest BCUT2D eigenvalue weighted by Crippen LogP contribution is -2.11. The molecule has 35 heavy (non-hydrogen) atoms. The maximum Gasteiger partial charge on any atom is 0.416 e. The van der Waals surface area contributed by atoms with Crippen molar-refractivity contribution in [3.8, 4) is 0 Å². The average molecular weight is 654 g/mol. The van der Waals surface area contributed by atoms with E-state index in [1.54, 1.807) is 0 Å². The Morgan fingerprint density at radius 2 is 1.06 bits per heavy atom. The third-order valence-corrected chi connectivity index (χ3v) is 7.39. The van der Waals surface area contributed by atoms with E-state index in [1.807, 2.05) is 0 Å². The Labute approximate surface area is 216 Å². The first-order valence-electron chi connectivity index (χ1n) is 9.78. The van der Waals surface area contributed by atoms with Crippen LogP contribution in [-0.2, 0) is 25.2 Å². The first kappa shape index (κ1) is 29.4. The van der Waals surface area contributed by atoms with Crippen molar-refractivity contribution in [2.45, 2.75) is 38.0 Å². The predicted molar refractivity (Wildman–Crippen MR) is 126 cm³/mol. The molecule has 0 radical (unpaired) electrons. The van der Waals surface area contributed by atoms with Crippen molar-refractivity contribution in [2.75, 3.05) is 11.5 Å². The highest BCUT2D eigenvalue weighted by molar-refractivity contribution is 9.10. The summed E-state index contributed by atoms with van der Waals surface area (Å²) in [6, 6.07) is 3.01. The van der Waals surface area contributed by atoms with E-state index in [0.29, 0.717) is 36.5 Å². The molecule has 2 rings (SSSR count). The topological polar surface area (TPSA) is 86.3 Å². The smallest absolute Gasteiger partial charge is 0.258 e. The van der Waals surface area contributed by atoms with Gasteiger partial charge in [0.2, 0.25) is 0 Å². The minimum atomic E-state index is -4.77. The zero-order chi connectivity index (χ0) is 26.6. The lowest BCUT2D eigenvalue weighted by atomic mass is 10.0. The van der Waals surface area contributed by atoms with Crippen LogP contribution in [0.2, 0.25) is 0 Å². The van der Waals surface area contributed by atoms with Crippen molar-refractivity contribution in [1.82, 2.24) is 0 Å². The second kappa shape index (κ2) is 11.9. The third kappa shape index (κ3) is 8.07. The largest absolute Gasteiger partial charge is 0.416 e. The van der Waals surface area contributed by atoms with Gasteiger partial charge in [-0.2, -0.15) is 38.1 Å². The van der Waals surface area contributed by atoms with Crippen molar-refractivity contribution in [3.05, 3.63) is 75.7 Å². The van der Waals surface area contributed by atoms with Crippen molar-refractivity contribution in [1.29, 1.82) is 0 Å². The molecule has 0 unspecified atom stereocenters. The maximum atomic E-state index is 13.4. The van der Waals surface area contributed by atoms with Crippen LogP contribution >= 0.6 is 43.6 Å². The Balaban J connectivity index is 1.97. The van der Waals surface area contributed by atoms with E-state index in [9.17, 15) is 46.6 Å². The number of rotatable bonds is 10. The summed E-state index contributed by atoms with van der Waals surface area (Å²) in [4.78, 5) is 19.9. The summed E-state index contributed by atoms with van der Waals surface area (Å²) in [5.41, 5.74) is -3.75. The molecule has 0 aliphatic carbocycles. The second-order valence-electron chi connectivity index (χ2n) is 7.24. The molecule has 6 nitrogen and oxygen atoms in total. The molecule has 0 saturated heterocycles. The lowest BCUT2D eigenvalue weighted by Gasteiger charge is -2.15. The molecule has 0 amide bonds. The molecule has 0 N–H and O–H groups in total. The van der Waals surface area contributed by atoms with Crippen LogP contribution in [0.3, 0.4) is 0 Å². The predicted octanol–water partition coefficient (Wildman–Crippen LogP) is 8.36. The monoisotopic (exact) mass is 652 g/mol. The number of non-ortho nitro benzene ring substituents is 2. The van der Waals surface area contributed by atoms with Crippen LogP contribution in [-0.4, -0.2) is 21.4 Å². The van der Waals surface area contributed by atoms with E-state index in [2.05, 4.69) is 31.9 Å². The minimum absolute atomic E-state index is 0.00740. The number of alkyl halides is 6. The number of halogens is 8. The Kier molecular flexibility index (Phi) is 9.99. The lowest BCUT2D eigenvalue weighted by molar-refractivity contribution is -0.385. The SMILES string of the molecule is O=[N+]([O-])c1cc(Br)c(CCCSCCCc2c(Br)cc([N+](=O)[O-])cc2C(F)(F)F)c(C(F)(F)F)c1. The van der Waals surface area contributed by atoms with Crippen LogP contribution in [0.25, 0.3) is 0 Å². The average Bonchev–Trinajstić information content (AvgIpc) is 2.72. The number of nitrogens with zero attached hydrogens (tertiary/aromatic N) is 2. The molecular weight excluding hydrogens is 638 g/mol. The van der Waals surface area contributed by atoms with Gasteiger partial charge in [0.15, 0.2) is 0 Å². The van der Waals surface area contributed by atoms with Gasteiger partial charge in [-0.05, 0) is 48.3 Å². The highest BCUT2D eigenvalue weighted by Crippen LogP contribution is 2.40. The molecule has 2 aromatic carbocycles. The third-order valence-electron chi connectivity index (χ3n) is 4.82. The van der Waals surface area contributed by atoms with Gasteiger partial charge in [-0.1, -0.05) is 31.9 Å². The summed E-state index contributed by atoms with van der Waals surface area (Å²) in [5.74, 6) is 0.822. The zero-order valence-corrected chi connectivity index (χ0v) is 21.5. The van der Waals surface area contributed by atoms with Gasteiger partial charge in [-0.3, -0.25) is 20.2 Å². The molecule has 192 valence electrons. The van der Waals surface area contributed by atoms with E-state index in [0.717, 1.165) is 12.1 Å². The number of nitro groups is 2. The van der Waals surface area contributed by atoms with Gasteiger partial charge >= 0.3 is 12.4 Å². The number of thioether (sulfide) groups is 1. The van der Waals surface area contributed by atoms with E-state index in [4.69, 9.17) is 0 Å². The zero-order valence-electron chi connectivity index (χ0n) is 17.5. The molecule has 0 heterocycles. The maximum absolute atomic E-state index is 13.4. The van der Waals surface area contributed by atoms with Gasteiger partial charge in [-0.25, -0.2) is 0 Å². The molecule has 0 bridgehead atoms. The first-order chi connectivity index (χ1) is 16.1. The minimum Gasteiger partial charge on any atom is -0.258 e. The fourth-order valence-electron chi connectivity index (χ4n) is 3.27. The summed E-state index contributed by atoms with van der Waals surface area (Å²) in [7, 11) is 0. The molecule has 0 saturated carbocycles. The van der Waals surface area contributed by atoms with Crippen LogP contribution in [0.1, 0.15) is 35.1 Å². The van der Waals surface area contributed by atoms with Crippen molar-refractivity contribution in [3.63, 3.8) is 0 Å². The Morgan fingerprint density at radius 3 is 1.34 bits per heavy atom. The molecule has 2 aromatic rings. The van der Waals surface area contributed by atoms with E-state index >= 15 is 0 Å². The van der Waals surface area contributed by atoms with Crippen molar-refractivity contribution < 1.29 is 36.2 Å². The van der Waals surface area contributed by atoms with Crippen LogP contribution in [0.5, 0.6) is 0 Å². The Hall–Kier alpha value is -1.87. The highest BCUT2D eigenvalue weighted by atomic mass is 79.9. The van der Waals surface area contributed by atoms with Gasteiger partial charge in [0, 0.05) is 33.2 Å². The number of hydrogen-bond acceptors (Lipinski definition) is 5. The van der Waals surface area contributed by atoms with Crippen LogP contribution in [0.4, 0.5) is 37.7 Å². The number of hydrogen-bond donors (Lipinski definition) is 0. The van der Waals surface area contributed by atoms with E-state index < -0.39 is 44.7 Å². The summed E-state index contributed by atoms with van der Waals surface area (Å²) < 4.78 is 80.1. The van der Waals surface area contributed by atoms with E-state index in [1.165, 1.54) is 11.8 Å². The van der Waals surface area contributed by atoms with Gasteiger partial charge in [0.25, 0.3) is 11.4 Å². The van der Waals surface area contributed by atoms with Crippen LogP contribution in [0.15, 0.2) is 33.2 Å². The molecule has 0 aromatic heterocycles. The first-order valence-corrected chi connectivity index (χ1v) is 12.5. The normalized spacial score (nSPS) is 12.1. The quantitative estimate of drug-likeness (QED) is 0.111. The van der Waals surface area contributed by atoms with Gasteiger partial charge in [0.1, 0.15) is 0 Å². The number of benzene rings is 2. The standard InChI is InChI=1S/C20H16Br2F6N2O4S/c21-17-9-11(29(31)32)7-15(19(23,24)25)13(17)3-1-5-35-6-2-4-14-16(20(26,27)28)8-12(30(33)34)10-18(14)22/h7-10H,1-6H2. The van der Waals surface area contributed by atoms with Gasteiger partial charge in [0.05, 0.1) is 21.0 Å². The summed E-state index contributed by atoms with van der Waals surface area (Å²) in [5, 5.41) is 21.7. The molecule has 0 aliphatic heterocycles. The van der Waals surface area contributed by atoms with Crippen LogP contribution < -0.4 is 0 Å². The van der Waals surface area contributed by atoms with Crippen LogP contribution in [0, 0.1) is 20.2 Å². The molecule has 0 fully saturated rings. The van der Waals surface area contributed by atoms with Gasteiger partial charge < -0.3 is 0 Å². The second-order valence-corrected chi connectivity index (χ2v) is 10.2. The summed E-state index contributed by atoms with van der Waals surface area (Å²) in [6.07, 6.45) is -8.95. The van der Waals surface area contributed by atoms with Crippen molar-refractivity contribution >= 4 is 55.0 Å². The highest BCUT2D eigenvalue weighted by Gasteiger charge is 2.37. The molecule has 15 heteroatoms. The summed E-state index contributed by atoms with van der Waals surface area (Å²) in [6.45, 7) is 0.